The number of fused-ring (bicyclic) bond motifs is 9. The fraction of sp³-hybridized carbons (Fsp3) is 0. The predicted octanol–water partition coefficient (Wildman–Crippen LogP) is 13.1. The van der Waals surface area contributed by atoms with Gasteiger partial charge in [-0.05, 0) is 89.0 Å². The molecule has 0 spiro atoms. The Kier molecular flexibility index (Phi) is 5.96. The summed E-state index contributed by atoms with van der Waals surface area (Å²) in [6.07, 6.45) is 0. The summed E-state index contributed by atoms with van der Waals surface area (Å²) in [5.74, 6) is 0. The molecule has 0 fully saturated rings. The fourth-order valence-corrected chi connectivity index (χ4v) is 8.13. The molecule has 0 aliphatic carbocycles. The molecule has 3 nitrogen and oxygen atoms in total. The summed E-state index contributed by atoms with van der Waals surface area (Å²) in [6.45, 7) is 0. The van der Waals surface area contributed by atoms with Crippen LogP contribution in [-0.4, -0.2) is 9.13 Å². The average Bonchev–Trinajstić information content (AvgIpc) is 3.84. The van der Waals surface area contributed by atoms with Crippen LogP contribution in [0.4, 0.5) is 0 Å². The third-order valence-corrected chi connectivity index (χ3v) is 10.5. The van der Waals surface area contributed by atoms with E-state index in [1.165, 1.54) is 66.0 Å². The minimum Gasteiger partial charge on any atom is -0.456 e. The van der Waals surface area contributed by atoms with Gasteiger partial charge in [0.05, 0.1) is 22.1 Å². The topological polar surface area (TPSA) is 23.0 Å². The van der Waals surface area contributed by atoms with Crippen molar-refractivity contribution in [3.63, 3.8) is 0 Å². The molecule has 0 unspecified atom stereocenters. The van der Waals surface area contributed by atoms with Gasteiger partial charge in [-0.2, -0.15) is 0 Å². The van der Waals surface area contributed by atoms with E-state index in [4.69, 9.17) is 4.42 Å². The highest BCUT2D eigenvalue weighted by Gasteiger charge is 2.18. The van der Waals surface area contributed by atoms with Crippen LogP contribution in [0.3, 0.4) is 0 Å². The van der Waals surface area contributed by atoms with Crippen LogP contribution in [0.2, 0.25) is 0 Å². The highest BCUT2D eigenvalue weighted by Crippen LogP contribution is 2.40. The molecule has 0 saturated carbocycles. The van der Waals surface area contributed by atoms with E-state index in [1.807, 2.05) is 6.07 Å². The molecule has 11 rings (SSSR count). The van der Waals surface area contributed by atoms with Gasteiger partial charge in [-0.15, -0.1) is 0 Å². The maximum atomic E-state index is 6.53. The second kappa shape index (κ2) is 10.8. The van der Waals surface area contributed by atoms with E-state index in [0.717, 1.165) is 33.2 Å². The van der Waals surface area contributed by atoms with Crippen molar-refractivity contribution in [3.8, 4) is 33.6 Å². The molecule has 3 heteroatoms. The summed E-state index contributed by atoms with van der Waals surface area (Å²) < 4.78 is 11.3. The second-order valence-electron chi connectivity index (χ2n) is 13.4. The van der Waals surface area contributed by atoms with Gasteiger partial charge in [-0.1, -0.05) is 115 Å². The number of aromatic nitrogens is 2. The Morgan fingerprint density at radius 3 is 1.49 bits per heavy atom. The van der Waals surface area contributed by atoms with Crippen molar-refractivity contribution in [2.75, 3.05) is 0 Å². The number of nitrogens with zero attached hydrogens (tertiary/aromatic N) is 2. The molecule has 0 aliphatic rings. The van der Waals surface area contributed by atoms with Crippen molar-refractivity contribution < 1.29 is 4.42 Å². The maximum Gasteiger partial charge on any atom is 0.136 e. The summed E-state index contributed by atoms with van der Waals surface area (Å²) in [5, 5.41) is 7.17. The van der Waals surface area contributed by atoms with Crippen molar-refractivity contribution in [1.82, 2.24) is 9.13 Å². The number of benzene rings is 8. The molecule has 0 N–H and O–H groups in total. The molecule has 0 amide bonds. The lowest BCUT2D eigenvalue weighted by Crippen LogP contribution is -1.94. The molecule has 8 aromatic carbocycles. The summed E-state index contributed by atoms with van der Waals surface area (Å²) in [6, 6.07) is 65.4. The molecule has 11 aromatic rings. The van der Waals surface area contributed by atoms with Crippen LogP contribution in [0.1, 0.15) is 0 Å². The quantitative estimate of drug-likeness (QED) is 0.186. The SMILES string of the molecule is c1ccc(-c2ccc3c(c2)oc2cc4c5ccccc5n(-c5ccc(-c6ccc7c8ccccc8n(-c8ccccc8)c7c6)cc5)c4cc23)cc1. The van der Waals surface area contributed by atoms with E-state index in [2.05, 4.69) is 185 Å². The van der Waals surface area contributed by atoms with Gasteiger partial charge in [0.15, 0.2) is 0 Å². The Labute approximate surface area is 293 Å². The summed E-state index contributed by atoms with van der Waals surface area (Å²) >= 11 is 0. The van der Waals surface area contributed by atoms with E-state index < -0.39 is 0 Å². The average molecular weight is 651 g/mol. The van der Waals surface area contributed by atoms with Gasteiger partial charge in [0, 0.05) is 43.7 Å². The molecule has 0 saturated heterocycles. The molecular weight excluding hydrogens is 621 g/mol. The predicted molar refractivity (Wildman–Crippen MR) is 213 cm³/mol. The molecule has 0 atom stereocenters. The first-order valence-corrected chi connectivity index (χ1v) is 17.4. The second-order valence-corrected chi connectivity index (χ2v) is 13.4. The zero-order chi connectivity index (χ0) is 33.5. The van der Waals surface area contributed by atoms with Crippen LogP contribution < -0.4 is 0 Å². The first-order valence-electron chi connectivity index (χ1n) is 17.4. The number of hydrogen-bond acceptors (Lipinski definition) is 1. The lowest BCUT2D eigenvalue weighted by Gasteiger charge is -2.11. The normalized spacial score (nSPS) is 11.9. The highest BCUT2D eigenvalue weighted by molar-refractivity contribution is 6.17. The largest absolute Gasteiger partial charge is 0.456 e. The molecule has 0 bridgehead atoms. The molecule has 0 radical (unpaired) electrons. The first-order chi connectivity index (χ1) is 25.3. The number of furan rings is 1. The van der Waals surface area contributed by atoms with E-state index in [1.54, 1.807) is 0 Å². The van der Waals surface area contributed by atoms with Gasteiger partial charge < -0.3 is 13.6 Å². The molecule has 238 valence electrons. The van der Waals surface area contributed by atoms with Crippen LogP contribution in [0, 0.1) is 0 Å². The molecule has 3 aromatic heterocycles. The van der Waals surface area contributed by atoms with Crippen LogP contribution >= 0.6 is 0 Å². The molecule has 0 aliphatic heterocycles. The van der Waals surface area contributed by atoms with E-state index in [9.17, 15) is 0 Å². The fourth-order valence-electron chi connectivity index (χ4n) is 8.13. The summed E-state index contributed by atoms with van der Waals surface area (Å²) in [4.78, 5) is 0. The minimum atomic E-state index is 0.905. The van der Waals surface area contributed by atoms with Crippen molar-refractivity contribution in [2.45, 2.75) is 0 Å². The number of para-hydroxylation sites is 3. The van der Waals surface area contributed by atoms with Gasteiger partial charge in [-0.25, -0.2) is 0 Å². The number of hydrogen-bond donors (Lipinski definition) is 0. The molecule has 3 heterocycles. The van der Waals surface area contributed by atoms with Crippen molar-refractivity contribution in [2.24, 2.45) is 0 Å². The van der Waals surface area contributed by atoms with Gasteiger partial charge >= 0.3 is 0 Å². The monoisotopic (exact) mass is 650 g/mol. The van der Waals surface area contributed by atoms with Gasteiger partial charge in [0.1, 0.15) is 11.2 Å². The Hall–Kier alpha value is -6.84. The third-order valence-electron chi connectivity index (χ3n) is 10.5. The van der Waals surface area contributed by atoms with Gasteiger partial charge in [0.25, 0.3) is 0 Å². The first kappa shape index (κ1) is 28.0. The standard InChI is InChI=1S/C48H30N2O/c1-3-11-31(12-4-1)34-22-26-40-42-29-46-41(30-48(42)51-47(40)28-34)38-16-8-10-18-44(38)50(46)36-23-19-32(20-24-36)33-21-25-39-37-15-7-9-17-43(37)49(45(39)27-33)35-13-5-2-6-14-35/h1-30H. The zero-order valence-corrected chi connectivity index (χ0v) is 27.6. The lowest BCUT2D eigenvalue weighted by atomic mass is 10.0. The van der Waals surface area contributed by atoms with Crippen molar-refractivity contribution in [3.05, 3.63) is 182 Å². The summed E-state index contributed by atoms with van der Waals surface area (Å²) in [5.41, 5.74) is 13.6. The Bertz CT molecular complexity index is 3110. The zero-order valence-electron chi connectivity index (χ0n) is 27.6. The van der Waals surface area contributed by atoms with Gasteiger partial charge in [0.2, 0.25) is 0 Å². The van der Waals surface area contributed by atoms with Crippen LogP contribution in [0.15, 0.2) is 186 Å². The Balaban J connectivity index is 1.05. The lowest BCUT2D eigenvalue weighted by molar-refractivity contribution is 0.669. The Morgan fingerprint density at radius 2 is 0.765 bits per heavy atom. The van der Waals surface area contributed by atoms with E-state index in [-0.39, 0.29) is 0 Å². The molecule has 51 heavy (non-hydrogen) atoms. The van der Waals surface area contributed by atoms with Crippen LogP contribution in [0.5, 0.6) is 0 Å². The minimum absolute atomic E-state index is 0.905. The van der Waals surface area contributed by atoms with Crippen LogP contribution in [-0.2, 0) is 0 Å². The molecular formula is C48H30N2O. The van der Waals surface area contributed by atoms with E-state index >= 15 is 0 Å². The smallest absolute Gasteiger partial charge is 0.136 e. The van der Waals surface area contributed by atoms with Crippen molar-refractivity contribution >= 4 is 65.6 Å². The van der Waals surface area contributed by atoms with E-state index in [0.29, 0.717) is 0 Å². The summed E-state index contributed by atoms with van der Waals surface area (Å²) in [7, 11) is 0. The highest BCUT2D eigenvalue weighted by atomic mass is 16.3. The maximum absolute atomic E-state index is 6.53. The van der Waals surface area contributed by atoms with Crippen molar-refractivity contribution in [1.29, 1.82) is 0 Å². The Morgan fingerprint density at radius 1 is 0.275 bits per heavy atom. The third kappa shape index (κ3) is 4.25. The van der Waals surface area contributed by atoms with Crippen LogP contribution in [0.25, 0.3) is 99.2 Å². The van der Waals surface area contributed by atoms with Gasteiger partial charge in [-0.3, -0.25) is 0 Å². The number of rotatable bonds is 4.